The van der Waals surface area contributed by atoms with E-state index >= 15 is 0 Å². The van der Waals surface area contributed by atoms with Crippen molar-refractivity contribution in [2.75, 3.05) is 11.6 Å². The molecule has 0 bridgehead atoms. The number of nitrogens with one attached hydrogen (secondary N) is 2. The second-order valence-corrected chi connectivity index (χ2v) is 11.0. The van der Waals surface area contributed by atoms with Crippen LogP contribution in [-0.2, 0) is 21.8 Å². The van der Waals surface area contributed by atoms with Crippen molar-refractivity contribution in [1.29, 1.82) is 0 Å². The summed E-state index contributed by atoms with van der Waals surface area (Å²) < 4.78 is 91.1. The van der Waals surface area contributed by atoms with Gasteiger partial charge in [0.05, 0.1) is 17.4 Å². The molecule has 0 aliphatic carbocycles. The number of hydrogen-bond acceptors (Lipinski definition) is 4. The monoisotopic (exact) mass is 558 g/mol. The van der Waals surface area contributed by atoms with Crippen LogP contribution in [0.3, 0.4) is 0 Å². The van der Waals surface area contributed by atoms with Gasteiger partial charge in [0.1, 0.15) is 11.6 Å². The van der Waals surface area contributed by atoms with Gasteiger partial charge in [0.25, 0.3) is 11.8 Å². The zero-order valence-electron chi connectivity index (χ0n) is 18.7. The number of carbonyl (C=O) groups is 2. The molecule has 1 atom stereocenters. The number of fused-ring (bicyclic) bond motifs is 1. The second kappa shape index (κ2) is 9.42. The number of sulfone groups is 1. The lowest BCUT2D eigenvalue weighted by atomic mass is 9.94. The molecule has 0 spiro atoms. The van der Waals surface area contributed by atoms with Crippen LogP contribution in [0.2, 0.25) is 5.02 Å². The molecule has 37 heavy (non-hydrogen) atoms. The van der Waals surface area contributed by atoms with Crippen molar-refractivity contribution < 1.29 is 40.0 Å². The summed E-state index contributed by atoms with van der Waals surface area (Å²) in [7, 11) is -3.60. The van der Waals surface area contributed by atoms with Gasteiger partial charge >= 0.3 is 6.18 Å². The number of hydrogen-bond donors (Lipinski definition) is 2. The standard InChI is InChI=1S/C24H16ClF5N2O4S/c1-37(35,36)10-11-4-17-20(21(32-23(17)34)16-9-14(26)2-3-18(16)25)19(5-11)31-22(33)12-6-13(24(28,29)30)8-15(27)7-12/h2-9,21H,10H2,1H3,(H,31,33)(H,32,34). The third-order valence-electron chi connectivity index (χ3n) is 5.48. The van der Waals surface area contributed by atoms with E-state index in [1.165, 1.54) is 18.2 Å². The molecule has 0 saturated carbocycles. The SMILES string of the molecule is CS(=O)(=O)Cc1cc(NC(=O)c2cc(F)cc(C(F)(F)F)c2)c2c(c1)C(=O)NC2c1cc(F)ccc1Cl. The van der Waals surface area contributed by atoms with Gasteiger partial charge in [-0.2, -0.15) is 13.2 Å². The zero-order valence-corrected chi connectivity index (χ0v) is 20.3. The lowest BCUT2D eigenvalue weighted by molar-refractivity contribution is -0.137. The van der Waals surface area contributed by atoms with Gasteiger partial charge in [0.2, 0.25) is 0 Å². The van der Waals surface area contributed by atoms with E-state index in [1.807, 2.05) is 0 Å². The Hall–Kier alpha value is -3.51. The Morgan fingerprint density at radius 3 is 2.41 bits per heavy atom. The molecule has 1 heterocycles. The summed E-state index contributed by atoms with van der Waals surface area (Å²) in [6.45, 7) is 0. The second-order valence-electron chi connectivity index (χ2n) is 8.43. The highest BCUT2D eigenvalue weighted by molar-refractivity contribution is 7.89. The summed E-state index contributed by atoms with van der Waals surface area (Å²) in [4.78, 5) is 25.7. The molecule has 1 aliphatic heterocycles. The van der Waals surface area contributed by atoms with Crippen LogP contribution in [0.4, 0.5) is 27.6 Å². The fourth-order valence-electron chi connectivity index (χ4n) is 4.03. The predicted octanol–water partition coefficient (Wildman–Crippen LogP) is 5.27. The highest BCUT2D eigenvalue weighted by Gasteiger charge is 2.36. The highest BCUT2D eigenvalue weighted by atomic mass is 35.5. The quantitative estimate of drug-likeness (QED) is 0.418. The zero-order chi connectivity index (χ0) is 27.3. The van der Waals surface area contributed by atoms with Gasteiger partial charge in [-0.3, -0.25) is 9.59 Å². The number of halogens is 6. The van der Waals surface area contributed by atoms with Crippen molar-refractivity contribution in [2.24, 2.45) is 0 Å². The van der Waals surface area contributed by atoms with Gasteiger partial charge in [0.15, 0.2) is 9.84 Å². The van der Waals surface area contributed by atoms with E-state index in [0.717, 1.165) is 18.4 Å². The molecule has 1 unspecified atom stereocenters. The maximum atomic E-state index is 14.0. The Balaban J connectivity index is 1.86. The highest BCUT2D eigenvalue weighted by Crippen LogP contribution is 2.40. The molecule has 2 N–H and O–H groups in total. The maximum absolute atomic E-state index is 14.0. The van der Waals surface area contributed by atoms with E-state index < -0.39 is 62.4 Å². The van der Waals surface area contributed by atoms with Crippen molar-refractivity contribution in [3.05, 3.63) is 98.6 Å². The number of benzene rings is 3. The molecule has 4 rings (SSSR count). The summed E-state index contributed by atoms with van der Waals surface area (Å²) in [6.07, 6.45) is -3.98. The van der Waals surface area contributed by atoms with Gasteiger partial charge in [-0.15, -0.1) is 0 Å². The lowest BCUT2D eigenvalue weighted by Crippen LogP contribution is -2.21. The van der Waals surface area contributed by atoms with E-state index in [9.17, 15) is 40.0 Å². The first kappa shape index (κ1) is 26.6. The first-order chi connectivity index (χ1) is 17.1. The van der Waals surface area contributed by atoms with Crippen molar-refractivity contribution in [2.45, 2.75) is 18.0 Å². The number of anilines is 1. The fourth-order valence-corrected chi connectivity index (χ4v) is 5.03. The number of carbonyl (C=O) groups excluding carboxylic acids is 2. The summed E-state index contributed by atoms with van der Waals surface area (Å²) in [5.41, 5.74) is -1.99. The minimum absolute atomic E-state index is 0.0583. The van der Waals surface area contributed by atoms with Gasteiger partial charge in [-0.25, -0.2) is 17.2 Å². The van der Waals surface area contributed by atoms with Crippen LogP contribution in [0.5, 0.6) is 0 Å². The van der Waals surface area contributed by atoms with Gasteiger partial charge in [0, 0.05) is 39.2 Å². The molecular formula is C24H16ClF5N2O4S. The fraction of sp³-hybridized carbons (Fsp3) is 0.167. The van der Waals surface area contributed by atoms with Crippen LogP contribution in [-0.4, -0.2) is 26.5 Å². The molecule has 1 aliphatic rings. The normalized spacial score (nSPS) is 15.3. The first-order valence-electron chi connectivity index (χ1n) is 10.4. The predicted molar refractivity (Wildman–Crippen MR) is 125 cm³/mol. The van der Waals surface area contributed by atoms with Gasteiger partial charge < -0.3 is 10.6 Å². The van der Waals surface area contributed by atoms with E-state index in [0.29, 0.717) is 12.1 Å². The van der Waals surface area contributed by atoms with E-state index in [-0.39, 0.29) is 39.0 Å². The van der Waals surface area contributed by atoms with Crippen LogP contribution < -0.4 is 10.6 Å². The third kappa shape index (κ3) is 5.75. The van der Waals surface area contributed by atoms with Crippen LogP contribution in [0.25, 0.3) is 0 Å². The number of rotatable bonds is 5. The molecule has 0 radical (unpaired) electrons. The van der Waals surface area contributed by atoms with Gasteiger partial charge in [-0.05, 0) is 54.1 Å². The molecule has 3 aromatic rings. The Labute approximate surface area is 212 Å². The molecule has 3 aromatic carbocycles. The third-order valence-corrected chi connectivity index (χ3v) is 6.68. The van der Waals surface area contributed by atoms with Gasteiger partial charge in [-0.1, -0.05) is 11.6 Å². The number of amides is 2. The minimum Gasteiger partial charge on any atom is -0.341 e. The summed E-state index contributed by atoms with van der Waals surface area (Å²) in [5.74, 6) is -4.36. The van der Waals surface area contributed by atoms with Crippen molar-refractivity contribution in [3.8, 4) is 0 Å². The average molecular weight is 559 g/mol. The Morgan fingerprint density at radius 2 is 1.76 bits per heavy atom. The van der Waals surface area contributed by atoms with Crippen molar-refractivity contribution in [3.63, 3.8) is 0 Å². The topological polar surface area (TPSA) is 92.3 Å². The Morgan fingerprint density at radius 1 is 1.05 bits per heavy atom. The molecular weight excluding hydrogens is 543 g/mol. The van der Waals surface area contributed by atoms with Crippen LogP contribution >= 0.6 is 11.6 Å². The number of alkyl halides is 3. The first-order valence-corrected chi connectivity index (χ1v) is 12.9. The largest absolute Gasteiger partial charge is 0.416 e. The molecule has 0 fully saturated rings. The van der Waals surface area contributed by atoms with Crippen molar-refractivity contribution in [1.82, 2.24) is 5.32 Å². The molecule has 13 heteroatoms. The van der Waals surface area contributed by atoms with E-state index in [1.54, 1.807) is 0 Å². The van der Waals surface area contributed by atoms with Crippen molar-refractivity contribution >= 4 is 38.9 Å². The molecule has 0 aromatic heterocycles. The lowest BCUT2D eigenvalue weighted by Gasteiger charge is -2.19. The average Bonchev–Trinajstić information content (AvgIpc) is 3.09. The minimum atomic E-state index is -4.93. The van der Waals surface area contributed by atoms with E-state index in [2.05, 4.69) is 10.6 Å². The summed E-state index contributed by atoms with van der Waals surface area (Å²) in [6, 6.07) is 6.07. The molecule has 194 valence electrons. The van der Waals surface area contributed by atoms with Crippen LogP contribution in [0.1, 0.15) is 49.0 Å². The Bertz CT molecular complexity index is 1560. The molecule has 0 saturated heterocycles. The summed E-state index contributed by atoms with van der Waals surface area (Å²) >= 11 is 6.21. The molecule has 2 amide bonds. The maximum Gasteiger partial charge on any atom is 0.416 e. The smallest absolute Gasteiger partial charge is 0.341 e. The van der Waals surface area contributed by atoms with Crippen LogP contribution in [0.15, 0.2) is 48.5 Å². The summed E-state index contributed by atoms with van der Waals surface area (Å²) in [5, 5.41) is 5.00. The Kier molecular flexibility index (Phi) is 6.76. The molecule has 6 nitrogen and oxygen atoms in total. The van der Waals surface area contributed by atoms with E-state index in [4.69, 9.17) is 11.6 Å². The van der Waals surface area contributed by atoms with Crippen LogP contribution in [0, 0.1) is 11.6 Å².